The van der Waals surface area contributed by atoms with Gasteiger partial charge in [0, 0.05) is 7.26 Å². The Morgan fingerprint density at radius 1 is 0.300 bits per heavy atom. The molecule has 0 N–H and O–H groups in total. The Balaban J connectivity index is 0. The molecule has 0 aliphatic heterocycles. The van der Waals surface area contributed by atoms with Crippen LogP contribution in [0.4, 0.5) is 25.2 Å². The molecule has 0 amide bonds. The average molecular weight is 629 g/mol. The van der Waals surface area contributed by atoms with Crippen molar-refractivity contribution in [3.05, 3.63) is 0 Å². The number of halogens is 6. The third-order valence-corrected chi connectivity index (χ3v) is 13.0. The molecular weight excluding hydrogens is 560 g/mol. The van der Waals surface area contributed by atoms with E-state index in [1.54, 1.807) is 50.3 Å². The van der Waals surface area contributed by atoms with Gasteiger partial charge in [-0.25, -0.2) is 0 Å². The summed E-state index contributed by atoms with van der Waals surface area (Å²) in [6, 6.07) is 0. The van der Waals surface area contributed by atoms with E-state index < -0.39 is 15.1 Å². The van der Waals surface area contributed by atoms with Gasteiger partial charge in [-0.05, 0) is 51.4 Å². The second kappa shape index (κ2) is 23.8. The molecule has 0 fully saturated rings. The molecule has 0 rings (SSSR count). The molecule has 0 radical (unpaired) electrons. The van der Waals surface area contributed by atoms with E-state index in [-0.39, 0.29) is 0 Å². The summed E-state index contributed by atoms with van der Waals surface area (Å²) in [6.07, 6.45) is 42.1. The van der Waals surface area contributed by atoms with Gasteiger partial charge in [0.2, 0.25) is 0 Å². The van der Waals surface area contributed by atoms with Gasteiger partial charge in [0.25, 0.3) is 0 Å². The molecule has 0 saturated heterocycles. The van der Waals surface area contributed by atoms with Crippen molar-refractivity contribution in [2.45, 2.75) is 182 Å². The zero-order valence-corrected chi connectivity index (χ0v) is 28.8. The SMILES string of the molecule is CCCCCCCCCCCCCC[P+](CCCCCC)(CCCCCC)CCCCCC.F[P-](F)(F)(F)(F)F. The molecule has 248 valence electrons. The van der Waals surface area contributed by atoms with Crippen LogP contribution in [0.1, 0.15) is 182 Å². The first-order valence-electron chi connectivity index (χ1n) is 17.1. The second-order valence-electron chi connectivity index (χ2n) is 12.3. The summed E-state index contributed by atoms with van der Waals surface area (Å²) in [5.41, 5.74) is 0. The third kappa shape index (κ3) is 40.6. The van der Waals surface area contributed by atoms with Crippen molar-refractivity contribution in [3.8, 4) is 0 Å². The predicted molar refractivity (Wildman–Crippen MR) is 173 cm³/mol. The molecule has 0 bridgehead atoms. The van der Waals surface area contributed by atoms with Crippen molar-refractivity contribution in [1.82, 2.24) is 0 Å². The monoisotopic (exact) mass is 628 g/mol. The topological polar surface area (TPSA) is 0 Å². The molecule has 0 nitrogen and oxygen atoms in total. The summed E-state index contributed by atoms with van der Waals surface area (Å²) in [4.78, 5) is 0. The Labute approximate surface area is 246 Å². The van der Waals surface area contributed by atoms with Crippen LogP contribution in [0.25, 0.3) is 0 Å². The normalized spacial score (nSPS) is 13.9. The van der Waals surface area contributed by atoms with Gasteiger partial charge in [-0.15, -0.1) is 0 Å². The van der Waals surface area contributed by atoms with Gasteiger partial charge in [-0.1, -0.05) is 130 Å². The van der Waals surface area contributed by atoms with Gasteiger partial charge in [0.1, 0.15) is 0 Å². The number of rotatable bonds is 28. The van der Waals surface area contributed by atoms with Crippen LogP contribution >= 0.6 is 15.1 Å². The Kier molecular flexibility index (Phi) is 25.4. The van der Waals surface area contributed by atoms with E-state index >= 15 is 0 Å². The van der Waals surface area contributed by atoms with Crippen LogP contribution in [0.3, 0.4) is 0 Å². The molecule has 0 atom stereocenters. The van der Waals surface area contributed by atoms with E-state index in [9.17, 15) is 25.2 Å². The van der Waals surface area contributed by atoms with Crippen LogP contribution < -0.4 is 0 Å². The van der Waals surface area contributed by atoms with E-state index in [1.807, 2.05) is 0 Å². The first-order valence-corrected chi connectivity index (χ1v) is 21.7. The van der Waals surface area contributed by atoms with E-state index in [0.29, 0.717) is 0 Å². The van der Waals surface area contributed by atoms with E-state index in [0.717, 1.165) is 0 Å². The summed E-state index contributed by atoms with van der Waals surface area (Å²) < 4.78 is 59.2. The zero-order valence-electron chi connectivity index (χ0n) is 27.0. The summed E-state index contributed by atoms with van der Waals surface area (Å²) >= 11 is 0. The van der Waals surface area contributed by atoms with Crippen molar-refractivity contribution in [3.63, 3.8) is 0 Å². The minimum absolute atomic E-state index is 0.697. The van der Waals surface area contributed by atoms with E-state index in [2.05, 4.69) is 27.7 Å². The van der Waals surface area contributed by atoms with Gasteiger partial charge in [0.15, 0.2) is 0 Å². The molecule has 0 aliphatic carbocycles. The zero-order chi connectivity index (χ0) is 30.7. The van der Waals surface area contributed by atoms with Crippen LogP contribution in [0.2, 0.25) is 0 Å². The number of hydrogen-bond acceptors (Lipinski definition) is 0. The van der Waals surface area contributed by atoms with E-state index in [1.165, 1.54) is 128 Å². The molecule has 40 heavy (non-hydrogen) atoms. The number of hydrogen-bond donors (Lipinski definition) is 0. The fraction of sp³-hybridized carbons (Fsp3) is 1.00. The van der Waals surface area contributed by atoms with Crippen molar-refractivity contribution < 1.29 is 25.2 Å². The number of unbranched alkanes of at least 4 members (excludes halogenated alkanes) is 20. The molecule has 0 unspecified atom stereocenters. The van der Waals surface area contributed by atoms with Gasteiger partial charge < -0.3 is 0 Å². The van der Waals surface area contributed by atoms with Crippen molar-refractivity contribution in [2.24, 2.45) is 0 Å². The molecular formula is C32H68F6P2. The van der Waals surface area contributed by atoms with Crippen LogP contribution in [0, 0.1) is 0 Å². The Morgan fingerprint density at radius 3 is 0.650 bits per heavy atom. The molecule has 0 aromatic heterocycles. The Hall–Kier alpha value is 0.440. The first-order chi connectivity index (χ1) is 18.7. The molecule has 0 heterocycles. The third-order valence-electron chi connectivity index (χ3n) is 7.94. The molecule has 0 aromatic rings. The Morgan fingerprint density at radius 2 is 0.450 bits per heavy atom. The van der Waals surface area contributed by atoms with Crippen LogP contribution in [-0.2, 0) is 0 Å². The average Bonchev–Trinajstić information content (AvgIpc) is 2.86. The maximum absolute atomic E-state index is 10.7. The summed E-state index contributed by atoms with van der Waals surface area (Å²) in [7, 11) is -11.4. The summed E-state index contributed by atoms with van der Waals surface area (Å²) in [5, 5.41) is 0. The quantitative estimate of drug-likeness (QED) is 0.0459. The minimum atomic E-state index is -10.7. The van der Waals surface area contributed by atoms with E-state index in [4.69, 9.17) is 0 Å². The summed E-state index contributed by atoms with van der Waals surface area (Å²) in [6.45, 7) is 9.41. The maximum atomic E-state index is 9.87. The molecule has 0 spiro atoms. The van der Waals surface area contributed by atoms with Gasteiger partial charge in [-0.2, -0.15) is 0 Å². The van der Waals surface area contributed by atoms with Gasteiger partial charge in [-0.3, -0.25) is 0 Å². The van der Waals surface area contributed by atoms with Crippen LogP contribution in [-0.4, -0.2) is 24.6 Å². The van der Waals surface area contributed by atoms with Crippen molar-refractivity contribution >= 4 is 15.1 Å². The van der Waals surface area contributed by atoms with Gasteiger partial charge in [0.05, 0.1) is 24.6 Å². The molecule has 0 aromatic carbocycles. The summed E-state index contributed by atoms with van der Waals surface area (Å²) in [5.74, 6) is 0. The molecule has 8 heteroatoms. The second-order valence-corrected chi connectivity index (χ2v) is 18.7. The fourth-order valence-electron chi connectivity index (χ4n) is 5.58. The molecule has 0 saturated carbocycles. The predicted octanol–water partition coefficient (Wildman–Crippen LogP) is 15.8. The van der Waals surface area contributed by atoms with Gasteiger partial charge >= 0.3 is 33.0 Å². The Bertz CT molecular complexity index is 494. The first kappa shape index (κ1) is 42.6. The van der Waals surface area contributed by atoms with Crippen LogP contribution in [0.15, 0.2) is 0 Å². The van der Waals surface area contributed by atoms with Crippen molar-refractivity contribution in [2.75, 3.05) is 24.6 Å². The fourth-order valence-corrected chi connectivity index (χ4v) is 10.5. The van der Waals surface area contributed by atoms with Crippen LogP contribution in [0.5, 0.6) is 0 Å². The standard InChI is InChI=1S/C32H68P.F6P/c1-5-9-13-17-18-19-20-21-22-23-24-28-32-33(29-25-14-10-6-2,30-26-15-11-7-3)31-27-16-12-8-4;1-7(2,3,4,5)6/h5-32H2,1-4H3;/q+1;-1. The molecule has 0 aliphatic rings. The van der Waals surface area contributed by atoms with Crippen molar-refractivity contribution in [1.29, 1.82) is 0 Å².